The predicted molar refractivity (Wildman–Crippen MR) is 95.8 cm³/mol. The maximum Gasteiger partial charge on any atom is 0.168 e. The number of amidine groups is 1. The number of nitrogens with zero attached hydrogens (tertiary/aromatic N) is 2. The molecule has 2 aromatic rings. The van der Waals surface area contributed by atoms with Crippen molar-refractivity contribution in [2.24, 2.45) is 10.9 Å². The Bertz CT molecular complexity index is 576. The van der Waals surface area contributed by atoms with E-state index < -0.39 is 6.10 Å². The molecule has 0 radical (unpaired) electrons. The van der Waals surface area contributed by atoms with E-state index >= 15 is 0 Å². The highest BCUT2D eigenvalue weighted by Gasteiger charge is 2.11. The van der Waals surface area contributed by atoms with Crippen molar-refractivity contribution in [3.8, 4) is 0 Å². The van der Waals surface area contributed by atoms with Crippen LogP contribution in [-0.4, -0.2) is 35.2 Å². The van der Waals surface area contributed by atoms with Crippen LogP contribution in [0, 0.1) is 0 Å². The molecule has 0 aliphatic carbocycles. The Morgan fingerprint density at radius 2 is 1.54 bits per heavy atom. The molecule has 0 fully saturated rings. The summed E-state index contributed by atoms with van der Waals surface area (Å²) >= 11 is 0. The molecule has 128 valence electrons. The van der Waals surface area contributed by atoms with Crippen molar-refractivity contribution >= 4 is 5.84 Å². The minimum Gasteiger partial charge on any atom is -0.409 e. The van der Waals surface area contributed by atoms with Crippen LogP contribution in [0.5, 0.6) is 0 Å². The number of oxime groups is 1. The number of hydrogen-bond donors (Lipinski definition) is 2. The van der Waals surface area contributed by atoms with Gasteiger partial charge in [0.2, 0.25) is 0 Å². The van der Waals surface area contributed by atoms with E-state index in [1.807, 2.05) is 36.4 Å². The fraction of sp³-hybridized carbons (Fsp3) is 0.316. The van der Waals surface area contributed by atoms with Gasteiger partial charge in [0.1, 0.15) is 6.10 Å². The smallest absolute Gasteiger partial charge is 0.168 e. The SMILES string of the molecule is CC(OCCN(Cc1ccccc1)Cc1ccccc1)/C(N)=N/O. The van der Waals surface area contributed by atoms with Gasteiger partial charge in [0, 0.05) is 19.6 Å². The van der Waals surface area contributed by atoms with Gasteiger partial charge in [-0.15, -0.1) is 0 Å². The molecule has 0 aromatic heterocycles. The summed E-state index contributed by atoms with van der Waals surface area (Å²) in [5.74, 6) is 0.0904. The van der Waals surface area contributed by atoms with E-state index in [1.54, 1.807) is 6.92 Å². The number of nitrogens with two attached hydrogens (primary N) is 1. The molecule has 1 unspecified atom stereocenters. The lowest BCUT2D eigenvalue weighted by molar-refractivity contribution is 0.0774. The highest BCUT2D eigenvalue weighted by molar-refractivity contribution is 5.83. The Morgan fingerprint density at radius 3 is 2.00 bits per heavy atom. The molecule has 3 N–H and O–H groups in total. The summed E-state index contributed by atoms with van der Waals surface area (Å²) < 4.78 is 5.64. The van der Waals surface area contributed by atoms with Crippen molar-refractivity contribution in [1.29, 1.82) is 0 Å². The van der Waals surface area contributed by atoms with Gasteiger partial charge in [0.05, 0.1) is 6.61 Å². The van der Waals surface area contributed by atoms with Crippen molar-refractivity contribution in [2.75, 3.05) is 13.2 Å². The van der Waals surface area contributed by atoms with E-state index in [1.165, 1.54) is 11.1 Å². The summed E-state index contributed by atoms with van der Waals surface area (Å²) in [4.78, 5) is 2.32. The van der Waals surface area contributed by atoms with Gasteiger partial charge in [0.15, 0.2) is 5.84 Å². The maximum atomic E-state index is 8.68. The van der Waals surface area contributed by atoms with E-state index in [4.69, 9.17) is 15.7 Å². The molecule has 0 heterocycles. The van der Waals surface area contributed by atoms with Crippen molar-refractivity contribution in [2.45, 2.75) is 26.1 Å². The Balaban J connectivity index is 1.94. The second kappa shape index (κ2) is 9.70. The zero-order valence-corrected chi connectivity index (χ0v) is 14.0. The van der Waals surface area contributed by atoms with Gasteiger partial charge in [-0.05, 0) is 18.1 Å². The lowest BCUT2D eigenvalue weighted by Crippen LogP contribution is -2.33. The molecule has 0 aliphatic heterocycles. The van der Waals surface area contributed by atoms with Crippen LogP contribution in [-0.2, 0) is 17.8 Å². The molecule has 1 atom stereocenters. The maximum absolute atomic E-state index is 8.68. The molecule has 0 aliphatic rings. The molecule has 2 aromatic carbocycles. The van der Waals surface area contributed by atoms with E-state index in [0.29, 0.717) is 6.61 Å². The quantitative estimate of drug-likeness (QED) is 0.321. The first-order valence-electron chi connectivity index (χ1n) is 8.08. The highest BCUT2D eigenvalue weighted by atomic mass is 16.5. The lowest BCUT2D eigenvalue weighted by atomic mass is 10.1. The fourth-order valence-electron chi connectivity index (χ4n) is 2.42. The third-order valence-corrected chi connectivity index (χ3v) is 3.81. The molecule has 5 heteroatoms. The average Bonchev–Trinajstić information content (AvgIpc) is 2.62. The Labute approximate surface area is 143 Å². The lowest BCUT2D eigenvalue weighted by Gasteiger charge is -2.23. The fourth-order valence-corrected chi connectivity index (χ4v) is 2.42. The van der Waals surface area contributed by atoms with Crippen LogP contribution in [0.1, 0.15) is 18.1 Å². The molecule has 0 saturated heterocycles. The van der Waals surface area contributed by atoms with Crippen LogP contribution >= 0.6 is 0 Å². The van der Waals surface area contributed by atoms with Crippen molar-refractivity contribution in [1.82, 2.24) is 4.90 Å². The molecule has 5 nitrogen and oxygen atoms in total. The van der Waals surface area contributed by atoms with Crippen LogP contribution in [0.3, 0.4) is 0 Å². The van der Waals surface area contributed by atoms with Crippen LogP contribution in [0.25, 0.3) is 0 Å². The Morgan fingerprint density at radius 1 is 1.04 bits per heavy atom. The Kier molecular flexibility index (Phi) is 7.26. The summed E-state index contributed by atoms with van der Waals surface area (Å²) in [6.07, 6.45) is -0.398. The molecule has 0 spiro atoms. The zero-order chi connectivity index (χ0) is 17.2. The van der Waals surface area contributed by atoms with E-state index in [9.17, 15) is 0 Å². The van der Waals surface area contributed by atoms with Crippen LogP contribution in [0.4, 0.5) is 0 Å². The largest absolute Gasteiger partial charge is 0.409 e. The second-order valence-electron chi connectivity index (χ2n) is 5.72. The minimum absolute atomic E-state index is 0.0904. The monoisotopic (exact) mass is 327 g/mol. The predicted octanol–water partition coefficient (Wildman–Crippen LogP) is 2.84. The molecule has 0 amide bonds. The molecular weight excluding hydrogens is 302 g/mol. The minimum atomic E-state index is -0.398. The summed E-state index contributed by atoms with van der Waals surface area (Å²) in [6, 6.07) is 20.7. The number of ether oxygens (including phenoxy) is 1. The first kappa shape index (κ1) is 18.0. The van der Waals surface area contributed by atoms with Crippen LogP contribution < -0.4 is 5.73 Å². The molecular formula is C19H25N3O2. The van der Waals surface area contributed by atoms with Crippen molar-refractivity contribution in [3.05, 3.63) is 71.8 Å². The first-order chi connectivity index (χ1) is 11.7. The average molecular weight is 327 g/mol. The second-order valence-corrected chi connectivity index (χ2v) is 5.72. The topological polar surface area (TPSA) is 71.1 Å². The summed E-state index contributed by atoms with van der Waals surface area (Å²) in [5.41, 5.74) is 8.07. The summed E-state index contributed by atoms with van der Waals surface area (Å²) in [7, 11) is 0. The van der Waals surface area contributed by atoms with Gasteiger partial charge in [-0.2, -0.15) is 0 Å². The first-order valence-corrected chi connectivity index (χ1v) is 8.08. The zero-order valence-electron chi connectivity index (χ0n) is 14.0. The molecule has 24 heavy (non-hydrogen) atoms. The number of benzene rings is 2. The number of rotatable bonds is 9. The third-order valence-electron chi connectivity index (χ3n) is 3.81. The van der Waals surface area contributed by atoms with Gasteiger partial charge in [0.25, 0.3) is 0 Å². The van der Waals surface area contributed by atoms with Crippen LogP contribution in [0.15, 0.2) is 65.8 Å². The summed E-state index contributed by atoms with van der Waals surface area (Å²) in [6.45, 7) is 4.73. The van der Waals surface area contributed by atoms with E-state index in [2.05, 4.69) is 34.3 Å². The van der Waals surface area contributed by atoms with E-state index in [0.717, 1.165) is 19.6 Å². The molecule has 2 rings (SSSR count). The normalized spacial score (nSPS) is 13.2. The van der Waals surface area contributed by atoms with Crippen LogP contribution in [0.2, 0.25) is 0 Å². The highest BCUT2D eigenvalue weighted by Crippen LogP contribution is 2.10. The van der Waals surface area contributed by atoms with Gasteiger partial charge in [-0.1, -0.05) is 65.8 Å². The molecule has 0 saturated carbocycles. The standard InChI is InChI=1S/C19H25N3O2/c1-16(19(20)21-23)24-13-12-22(14-17-8-4-2-5-9-17)15-18-10-6-3-7-11-18/h2-11,16,23H,12-15H2,1H3,(H2,20,21). The Hall–Kier alpha value is -2.37. The summed E-state index contributed by atoms with van der Waals surface area (Å²) in [5, 5.41) is 11.7. The van der Waals surface area contributed by atoms with E-state index in [-0.39, 0.29) is 5.84 Å². The molecule has 0 bridgehead atoms. The van der Waals surface area contributed by atoms with Gasteiger partial charge in [-0.3, -0.25) is 4.90 Å². The third kappa shape index (κ3) is 6.02. The number of hydrogen-bond acceptors (Lipinski definition) is 4. The van der Waals surface area contributed by atoms with Crippen molar-refractivity contribution < 1.29 is 9.94 Å². The van der Waals surface area contributed by atoms with Gasteiger partial charge in [-0.25, -0.2) is 0 Å². The van der Waals surface area contributed by atoms with Crippen molar-refractivity contribution in [3.63, 3.8) is 0 Å². The van der Waals surface area contributed by atoms with Gasteiger partial charge < -0.3 is 15.7 Å². The van der Waals surface area contributed by atoms with Gasteiger partial charge >= 0.3 is 0 Å².